The predicted octanol–water partition coefficient (Wildman–Crippen LogP) is 0.902. The van der Waals surface area contributed by atoms with E-state index in [0.717, 1.165) is 0 Å². The van der Waals surface area contributed by atoms with Crippen LogP contribution in [0.25, 0.3) is 0 Å². The summed E-state index contributed by atoms with van der Waals surface area (Å²) in [6, 6.07) is 0. The number of carbonyl (C=O) groups excluding carboxylic acids is 4. The van der Waals surface area contributed by atoms with Crippen LogP contribution < -0.4 is 0 Å². The summed E-state index contributed by atoms with van der Waals surface area (Å²) in [6.07, 6.45) is 0.272. The number of methoxy groups -OCH3 is 4. The molecule has 4 rings (SSSR count). The van der Waals surface area contributed by atoms with Crippen molar-refractivity contribution >= 4 is 23.9 Å². The Kier molecular flexibility index (Phi) is 7.85. The molecule has 0 aromatic rings. The Bertz CT molecular complexity index is 640. The second-order valence-electron chi connectivity index (χ2n) is 9.54. The lowest BCUT2D eigenvalue weighted by molar-refractivity contribution is -0.244. The zero-order chi connectivity index (χ0) is 25.0. The molecule has 12 nitrogen and oxygen atoms in total. The predicted molar refractivity (Wildman–Crippen MR) is 109 cm³/mol. The molecular weight excluding hydrogens is 456 g/mol. The minimum atomic E-state index is -1.34. The van der Waals surface area contributed by atoms with Gasteiger partial charge in [-0.3, -0.25) is 19.2 Å². The summed E-state index contributed by atoms with van der Waals surface area (Å²) in [6.45, 7) is -1.26. The molecule has 12 heteroatoms. The molecule has 4 aliphatic rings. The van der Waals surface area contributed by atoms with Crippen molar-refractivity contribution in [1.29, 1.82) is 0 Å². The van der Waals surface area contributed by atoms with Crippen LogP contribution in [0.5, 0.6) is 0 Å². The van der Waals surface area contributed by atoms with Crippen LogP contribution in [0.1, 0.15) is 38.5 Å². The van der Waals surface area contributed by atoms with E-state index >= 15 is 0 Å². The molecule has 0 N–H and O–H groups in total. The molecule has 192 valence electrons. The average Bonchev–Trinajstić information content (AvgIpc) is 2.81. The Balaban J connectivity index is 2.12. The molecule has 0 aromatic carbocycles. The molecule has 0 amide bonds. The fourth-order valence-corrected chi connectivity index (χ4v) is 6.56. The van der Waals surface area contributed by atoms with Gasteiger partial charge in [0, 0.05) is 28.4 Å². The van der Waals surface area contributed by atoms with Crippen LogP contribution in [0.2, 0.25) is 0 Å². The third-order valence-electron chi connectivity index (χ3n) is 7.02. The Morgan fingerprint density at radius 3 is 0.765 bits per heavy atom. The quantitative estimate of drug-likeness (QED) is 0.219. The summed E-state index contributed by atoms with van der Waals surface area (Å²) >= 11 is 0. The fraction of sp³-hybridized carbons (Fsp3) is 0.818. The monoisotopic (exact) mass is 488 g/mol. The van der Waals surface area contributed by atoms with E-state index in [0.29, 0.717) is 0 Å². The van der Waals surface area contributed by atoms with Gasteiger partial charge in [-0.25, -0.2) is 0 Å². The highest BCUT2D eigenvalue weighted by molar-refractivity contribution is 5.92. The highest BCUT2D eigenvalue weighted by atomic mass is 16.7. The van der Waals surface area contributed by atoms with E-state index in [1.54, 1.807) is 0 Å². The van der Waals surface area contributed by atoms with Crippen molar-refractivity contribution in [3.05, 3.63) is 0 Å². The molecule has 4 bridgehead atoms. The van der Waals surface area contributed by atoms with Gasteiger partial charge in [0.25, 0.3) is 0 Å². The highest BCUT2D eigenvalue weighted by Gasteiger charge is 2.77. The van der Waals surface area contributed by atoms with Crippen molar-refractivity contribution in [2.24, 2.45) is 21.7 Å². The van der Waals surface area contributed by atoms with Gasteiger partial charge in [0.2, 0.25) is 0 Å². The van der Waals surface area contributed by atoms with Crippen molar-refractivity contribution in [1.82, 2.24) is 0 Å². The smallest absolute Gasteiger partial charge is 0.314 e. The molecule has 4 aliphatic carbocycles. The van der Waals surface area contributed by atoms with Crippen molar-refractivity contribution in [2.75, 3.05) is 55.6 Å². The van der Waals surface area contributed by atoms with E-state index in [1.807, 2.05) is 0 Å². The molecular formula is C22H32O12. The first-order chi connectivity index (χ1) is 16.2. The summed E-state index contributed by atoms with van der Waals surface area (Å²) in [5.41, 5.74) is -5.34. The van der Waals surface area contributed by atoms with E-state index in [9.17, 15) is 19.2 Å². The SMILES string of the molecule is COCOC(=O)C12CC3(C(=O)OCOC)CC(C(=O)OCOC)(C1)CC(C(=O)OCOC)(C2)C3. The minimum absolute atomic E-state index is 0.0453. The van der Waals surface area contributed by atoms with E-state index in [2.05, 4.69) is 0 Å². The number of hydrogen-bond donors (Lipinski definition) is 0. The van der Waals surface area contributed by atoms with Gasteiger partial charge in [0.1, 0.15) is 0 Å². The van der Waals surface area contributed by atoms with Crippen LogP contribution in [0.3, 0.4) is 0 Å². The molecule has 0 unspecified atom stereocenters. The number of hydrogen-bond acceptors (Lipinski definition) is 12. The van der Waals surface area contributed by atoms with Crippen molar-refractivity contribution in [3.8, 4) is 0 Å². The fourth-order valence-electron chi connectivity index (χ4n) is 6.56. The maximum atomic E-state index is 13.4. The molecule has 0 aliphatic heterocycles. The number of rotatable bonds is 12. The zero-order valence-corrected chi connectivity index (χ0v) is 20.0. The normalized spacial score (nSPS) is 33.3. The molecule has 4 fully saturated rings. The lowest BCUT2D eigenvalue weighted by Crippen LogP contribution is -2.69. The Labute approximate surface area is 197 Å². The van der Waals surface area contributed by atoms with Crippen molar-refractivity contribution in [2.45, 2.75) is 38.5 Å². The standard InChI is InChI=1S/C22H32O12/c1-27-11-31-15(23)19-5-20(16(24)32-12-28-2)8-21(6-19,17(25)33-13-29-3)10-22(7-19,9-20)18(26)34-14-30-4/h5-14H2,1-4H3. The lowest BCUT2D eigenvalue weighted by atomic mass is 9.35. The molecule has 0 radical (unpaired) electrons. The Hall–Kier alpha value is -2.28. The largest absolute Gasteiger partial charge is 0.438 e. The first-order valence-electron chi connectivity index (χ1n) is 10.8. The minimum Gasteiger partial charge on any atom is -0.438 e. The third kappa shape index (κ3) is 4.51. The van der Waals surface area contributed by atoms with Crippen LogP contribution in [-0.4, -0.2) is 79.5 Å². The van der Waals surface area contributed by atoms with E-state index in [4.69, 9.17) is 37.9 Å². The average molecular weight is 488 g/mol. The van der Waals surface area contributed by atoms with Crippen molar-refractivity contribution in [3.63, 3.8) is 0 Å². The summed E-state index contributed by atoms with van der Waals surface area (Å²) in [5, 5.41) is 0. The summed E-state index contributed by atoms with van der Waals surface area (Å²) in [4.78, 5) is 53.4. The molecule has 0 aromatic heterocycles. The van der Waals surface area contributed by atoms with E-state index < -0.39 is 45.5 Å². The maximum absolute atomic E-state index is 13.4. The van der Waals surface area contributed by atoms with Crippen LogP contribution in [-0.2, 0) is 57.1 Å². The maximum Gasteiger partial charge on any atom is 0.314 e. The molecule has 4 saturated carbocycles. The van der Waals surface area contributed by atoms with Gasteiger partial charge in [-0.15, -0.1) is 0 Å². The highest BCUT2D eigenvalue weighted by Crippen LogP contribution is 2.74. The van der Waals surface area contributed by atoms with E-state index in [1.165, 1.54) is 28.4 Å². The summed E-state index contributed by atoms with van der Waals surface area (Å²) < 4.78 is 40.7. The second kappa shape index (κ2) is 10.1. The molecule has 34 heavy (non-hydrogen) atoms. The van der Waals surface area contributed by atoms with Crippen molar-refractivity contribution < 1.29 is 57.1 Å². The van der Waals surface area contributed by atoms with Gasteiger partial charge < -0.3 is 37.9 Å². The Morgan fingerprint density at radius 2 is 0.618 bits per heavy atom. The van der Waals surface area contributed by atoms with Crippen LogP contribution in [0, 0.1) is 21.7 Å². The second-order valence-corrected chi connectivity index (χ2v) is 9.54. The molecule has 0 atom stereocenters. The molecule has 0 heterocycles. The van der Waals surface area contributed by atoms with E-state index in [-0.39, 0.29) is 65.7 Å². The number of ether oxygens (including phenoxy) is 8. The van der Waals surface area contributed by atoms with Gasteiger partial charge >= 0.3 is 23.9 Å². The van der Waals surface area contributed by atoms with Gasteiger partial charge in [-0.05, 0) is 38.5 Å². The zero-order valence-electron chi connectivity index (χ0n) is 20.0. The first kappa shape index (κ1) is 26.3. The number of esters is 4. The third-order valence-corrected chi connectivity index (χ3v) is 7.02. The van der Waals surface area contributed by atoms with Gasteiger partial charge in [0.05, 0.1) is 21.7 Å². The Morgan fingerprint density at radius 1 is 0.441 bits per heavy atom. The van der Waals surface area contributed by atoms with Crippen LogP contribution >= 0.6 is 0 Å². The summed E-state index contributed by atoms with van der Waals surface area (Å²) in [5.74, 6) is -2.65. The van der Waals surface area contributed by atoms with Gasteiger partial charge in [0.15, 0.2) is 27.2 Å². The first-order valence-corrected chi connectivity index (χ1v) is 10.8. The van der Waals surface area contributed by atoms with Crippen LogP contribution in [0.15, 0.2) is 0 Å². The molecule has 0 spiro atoms. The topological polar surface area (TPSA) is 142 Å². The van der Waals surface area contributed by atoms with Gasteiger partial charge in [-0.2, -0.15) is 0 Å². The molecule has 0 saturated heterocycles. The van der Waals surface area contributed by atoms with Gasteiger partial charge in [-0.1, -0.05) is 0 Å². The van der Waals surface area contributed by atoms with Crippen LogP contribution in [0.4, 0.5) is 0 Å². The number of carbonyl (C=O) groups is 4. The lowest BCUT2D eigenvalue weighted by Gasteiger charge is -2.66. The summed E-state index contributed by atoms with van der Waals surface area (Å²) in [7, 11) is 5.46.